The van der Waals surface area contributed by atoms with E-state index in [1.54, 1.807) is 13.8 Å². The third-order valence-electron chi connectivity index (χ3n) is 2.29. The lowest BCUT2D eigenvalue weighted by Gasteiger charge is -2.24. The fraction of sp³-hybridized carbons (Fsp3) is 0.600. The van der Waals surface area contributed by atoms with Crippen LogP contribution in [0.5, 0.6) is 0 Å². The summed E-state index contributed by atoms with van der Waals surface area (Å²) >= 11 is 5.99. The largest absolute Gasteiger partial charge is 0.391 e. The van der Waals surface area contributed by atoms with E-state index in [1.807, 2.05) is 6.92 Å². The molecule has 1 amide bonds. The second-order valence-corrected chi connectivity index (χ2v) is 5.44. The van der Waals surface area contributed by atoms with Gasteiger partial charge in [-0.3, -0.25) is 4.79 Å². The van der Waals surface area contributed by atoms with Crippen LogP contribution in [0.4, 0.5) is 0 Å². The Hall–Kier alpha value is -1.08. The highest BCUT2D eigenvalue weighted by Gasteiger charge is 2.26. The number of amides is 1. The highest BCUT2D eigenvalue weighted by molar-refractivity contribution is 7.80. The Morgan fingerprint density at radius 1 is 1.59 bits per heavy atom. The average Bonchev–Trinajstić information content (AvgIpc) is 2.65. The van der Waals surface area contributed by atoms with Gasteiger partial charge in [0.15, 0.2) is 0 Å². The van der Waals surface area contributed by atoms with Gasteiger partial charge in [-0.05, 0) is 31.8 Å². The zero-order chi connectivity index (χ0) is 13.1. The molecule has 1 heterocycles. The molecule has 0 saturated heterocycles. The smallest absolute Gasteiger partial charge is 0.265 e. The number of aromatic nitrogens is 2. The fourth-order valence-electron chi connectivity index (χ4n) is 1.18. The molecule has 0 bridgehead atoms. The number of nitrogens with zero attached hydrogens (tertiary/aromatic N) is 2. The van der Waals surface area contributed by atoms with Crippen LogP contribution >= 0.6 is 23.8 Å². The second-order valence-electron chi connectivity index (χ2n) is 4.24. The molecule has 0 aromatic carbocycles. The quantitative estimate of drug-likeness (QED) is 0.789. The van der Waals surface area contributed by atoms with Crippen molar-refractivity contribution < 1.29 is 4.79 Å². The van der Waals surface area contributed by atoms with Gasteiger partial charge in [-0.15, -0.1) is 5.10 Å². The zero-order valence-electron chi connectivity index (χ0n) is 10.1. The maximum atomic E-state index is 12.0. The van der Waals surface area contributed by atoms with Gasteiger partial charge in [-0.25, -0.2) is 0 Å². The first kappa shape index (κ1) is 14.0. The molecule has 0 unspecified atom stereocenters. The van der Waals surface area contributed by atoms with Crippen LogP contribution < -0.4 is 11.1 Å². The Kier molecular flexibility index (Phi) is 4.53. The number of nitrogens with two attached hydrogens (primary N) is 1. The first-order valence-electron chi connectivity index (χ1n) is 5.32. The number of rotatable bonds is 5. The van der Waals surface area contributed by atoms with Gasteiger partial charge in [0, 0.05) is 0 Å². The second kappa shape index (κ2) is 5.50. The molecule has 1 aromatic rings. The Labute approximate surface area is 110 Å². The number of thiocarbonyl (C=S) groups is 1. The molecule has 1 aromatic heterocycles. The summed E-state index contributed by atoms with van der Waals surface area (Å²) in [5.74, 6) is -0.221. The maximum Gasteiger partial charge on any atom is 0.265 e. The molecular weight excluding hydrogens is 256 g/mol. The monoisotopic (exact) mass is 272 g/mol. The highest BCUT2D eigenvalue weighted by Crippen LogP contribution is 2.14. The Bertz CT molecular complexity index is 428. The van der Waals surface area contributed by atoms with Gasteiger partial charge < -0.3 is 11.1 Å². The third-order valence-corrected chi connectivity index (χ3v) is 3.57. The summed E-state index contributed by atoms with van der Waals surface area (Å²) in [6, 6.07) is 0. The van der Waals surface area contributed by atoms with E-state index in [9.17, 15) is 4.79 Å². The molecule has 0 aliphatic rings. The molecule has 0 aliphatic carbocycles. The van der Waals surface area contributed by atoms with E-state index in [2.05, 4.69) is 14.9 Å². The Morgan fingerprint density at radius 3 is 2.76 bits per heavy atom. The minimum atomic E-state index is -0.708. The molecule has 0 saturated carbocycles. The Morgan fingerprint density at radius 2 is 2.24 bits per heavy atom. The van der Waals surface area contributed by atoms with Crippen LogP contribution in [0.25, 0.3) is 0 Å². The van der Waals surface area contributed by atoms with E-state index >= 15 is 0 Å². The van der Waals surface area contributed by atoms with Gasteiger partial charge in [0.1, 0.15) is 4.88 Å². The van der Waals surface area contributed by atoms with Crippen LogP contribution in [0.2, 0.25) is 0 Å². The molecule has 3 N–H and O–H groups in total. The van der Waals surface area contributed by atoms with Crippen molar-refractivity contribution in [2.45, 2.75) is 39.2 Å². The van der Waals surface area contributed by atoms with Crippen LogP contribution in [-0.4, -0.2) is 26.0 Å². The lowest BCUT2D eigenvalue weighted by molar-refractivity contribution is 0.0935. The predicted molar refractivity (Wildman–Crippen MR) is 72.2 cm³/mol. The summed E-state index contributed by atoms with van der Waals surface area (Å²) in [6.45, 7) is 5.56. The predicted octanol–water partition coefficient (Wildman–Crippen LogP) is 1.29. The number of carbonyl (C=O) groups excluding carboxylic acids is 1. The first-order valence-corrected chi connectivity index (χ1v) is 6.50. The summed E-state index contributed by atoms with van der Waals surface area (Å²) in [5.41, 5.74) is 5.58. The summed E-state index contributed by atoms with van der Waals surface area (Å²) in [6.07, 6.45) is 1.66. The number of hydrogen-bond donors (Lipinski definition) is 2. The van der Waals surface area contributed by atoms with Gasteiger partial charge in [-0.2, -0.15) is 0 Å². The van der Waals surface area contributed by atoms with Crippen LogP contribution in [0, 0.1) is 0 Å². The van der Waals surface area contributed by atoms with E-state index in [0.717, 1.165) is 30.1 Å². The minimum Gasteiger partial charge on any atom is -0.391 e. The number of carbonyl (C=O) groups is 1. The lowest BCUT2D eigenvalue weighted by Crippen LogP contribution is -2.52. The van der Waals surface area contributed by atoms with Gasteiger partial charge in [-0.1, -0.05) is 30.1 Å². The molecular formula is C10H16N4OS2. The normalized spacial score (nSPS) is 11.2. The van der Waals surface area contributed by atoms with Crippen molar-refractivity contribution in [3.63, 3.8) is 0 Å². The zero-order valence-corrected chi connectivity index (χ0v) is 11.7. The van der Waals surface area contributed by atoms with E-state index < -0.39 is 5.54 Å². The molecule has 7 heteroatoms. The standard InChI is InChI=1S/C10H16N4OS2/c1-4-5-6-7(17-14-13-6)8(15)12-10(2,3)9(11)16/h4-5H2,1-3H3,(H2,11,16)(H,12,15). The number of hydrogen-bond acceptors (Lipinski definition) is 5. The first-order chi connectivity index (χ1) is 7.88. The van der Waals surface area contributed by atoms with Crippen LogP contribution in [-0.2, 0) is 6.42 Å². The SMILES string of the molecule is CCCc1nnsc1C(=O)NC(C)(C)C(N)=S. The van der Waals surface area contributed by atoms with Crippen molar-refractivity contribution in [2.24, 2.45) is 5.73 Å². The topological polar surface area (TPSA) is 80.9 Å². The van der Waals surface area contributed by atoms with Crippen molar-refractivity contribution in [1.82, 2.24) is 14.9 Å². The Balaban J connectivity index is 2.83. The van der Waals surface area contributed by atoms with Crippen molar-refractivity contribution in [1.29, 1.82) is 0 Å². The molecule has 1 rings (SSSR count). The van der Waals surface area contributed by atoms with E-state index in [1.165, 1.54) is 0 Å². The summed E-state index contributed by atoms with van der Waals surface area (Å²) in [5, 5.41) is 6.73. The van der Waals surface area contributed by atoms with E-state index in [0.29, 0.717) is 4.88 Å². The molecule has 94 valence electrons. The van der Waals surface area contributed by atoms with Gasteiger partial charge in [0.25, 0.3) is 5.91 Å². The number of nitrogens with one attached hydrogen (secondary N) is 1. The molecule has 5 nitrogen and oxygen atoms in total. The highest BCUT2D eigenvalue weighted by atomic mass is 32.1. The average molecular weight is 272 g/mol. The van der Waals surface area contributed by atoms with Crippen molar-refractivity contribution in [3.8, 4) is 0 Å². The summed E-state index contributed by atoms with van der Waals surface area (Å²) in [4.78, 5) is 12.8. The summed E-state index contributed by atoms with van der Waals surface area (Å²) < 4.78 is 3.80. The van der Waals surface area contributed by atoms with Gasteiger partial charge in [0.2, 0.25) is 0 Å². The van der Waals surface area contributed by atoms with Crippen molar-refractivity contribution >= 4 is 34.6 Å². The molecule has 0 aliphatic heterocycles. The third kappa shape index (κ3) is 3.44. The summed E-state index contributed by atoms with van der Waals surface area (Å²) in [7, 11) is 0. The van der Waals surface area contributed by atoms with Crippen LogP contribution in [0.15, 0.2) is 0 Å². The lowest BCUT2D eigenvalue weighted by atomic mass is 10.1. The van der Waals surface area contributed by atoms with E-state index in [-0.39, 0.29) is 10.9 Å². The fourth-order valence-corrected chi connectivity index (χ4v) is 1.84. The molecule has 0 atom stereocenters. The molecule has 0 fully saturated rings. The van der Waals surface area contributed by atoms with E-state index in [4.69, 9.17) is 18.0 Å². The molecule has 0 spiro atoms. The minimum absolute atomic E-state index is 0.221. The number of aryl methyl sites for hydroxylation is 1. The van der Waals surface area contributed by atoms with Crippen molar-refractivity contribution in [3.05, 3.63) is 10.6 Å². The molecule has 0 radical (unpaired) electrons. The maximum absolute atomic E-state index is 12.0. The van der Waals surface area contributed by atoms with Gasteiger partial charge >= 0.3 is 0 Å². The van der Waals surface area contributed by atoms with Gasteiger partial charge in [0.05, 0.1) is 16.2 Å². The van der Waals surface area contributed by atoms with Crippen LogP contribution in [0.3, 0.4) is 0 Å². The molecule has 17 heavy (non-hydrogen) atoms. The van der Waals surface area contributed by atoms with Crippen LogP contribution in [0.1, 0.15) is 42.6 Å². The van der Waals surface area contributed by atoms with Crippen molar-refractivity contribution in [2.75, 3.05) is 0 Å².